The maximum Gasteiger partial charge on any atom is 1.00 e. The Labute approximate surface area is 193 Å². The second-order valence-corrected chi connectivity index (χ2v) is 7.24. The van der Waals surface area contributed by atoms with Crippen LogP contribution in [0.5, 0.6) is 0 Å². The van der Waals surface area contributed by atoms with Crippen molar-refractivity contribution in [2.75, 3.05) is 13.2 Å². The Bertz CT molecular complexity index is 490. The monoisotopic (exact) mass is 403 g/mol. The van der Waals surface area contributed by atoms with Gasteiger partial charge in [-0.25, -0.2) is 0 Å². The summed E-state index contributed by atoms with van der Waals surface area (Å²) in [4.78, 5) is 9.26. The van der Waals surface area contributed by atoms with Gasteiger partial charge in [-0.05, 0) is 43.2 Å². The summed E-state index contributed by atoms with van der Waals surface area (Å²) >= 11 is 0. The zero-order valence-electron chi connectivity index (χ0n) is 18.1. The predicted octanol–water partition coefficient (Wildman–Crippen LogP) is -0.645. The van der Waals surface area contributed by atoms with E-state index in [4.69, 9.17) is 5.73 Å². The van der Waals surface area contributed by atoms with Crippen molar-refractivity contribution >= 4 is 5.97 Å². The summed E-state index contributed by atoms with van der Waals surface area (Å²) in [6.45, 7) is 3.42. The van der Waals surface area contributed by atoms with E-state index in [-0.39, 0.29) is 49.2 Å². The van der Waals surface area contributed by atoms with Crippen LogP contribution in [-0.2, 0) is 17.6 Å². The van der Waals surface area contributed by atoms with Crippen LogP contribution in [0.25, 0.3) is 0 Å². The van der Waals surface area contributed by atoms with E-state index in [1.54, 1.807) is 0 Å². The molecule has 0 spiro atoms. The van der Waals surface area contributed by atoms with Crippen molar-refractivity contribution < 1.29 is 49.7 Å². The summed E-state index contributed by atoms with van der Waals surface area (Å²) in [6.07, 6.45) is 10.6. The number of hydrogen-bond donors (Lipinski definition) is 3. The molecule has 0 aliphatic carbocycles. The van der Waals surface area contributed by atoms with Gasteiger partial charge in [-0.1, -0.05) is 70.2 Å². The van der Waals surface area contributed by atoms with Gasteiger partial charge in [0.15, 0.2) is 0 Å². The van der Waals surface area contributed by atoms with Crippen molar-refractivity contribution in [3.05, 3.63) is 35.4 Å². The van der Waals surface area contributed by atoms with E-state index in [9.17, 15) is 20.1 Å². The van der Waals surface area contributed by atoms with Crippen molar-refractivity contribution in [1.29, 1.82) is 0 Å². The van der Waals surface area contributed by atoms with E-state index in [1.165, 1.54) is 56.6 Å². The molecule has 0 aliphatic heterocycles. The molecule has 156 valence electrons. The van der Waals surface area contributed by atoms with Crippen molar-refractivity contribution in [3.63, 3.8) is 0 Å². The van der Waals surface area contributed by atoms with Crippen LogP contribution in [-0.4, -0.2) is 34.9 Å². The molecule has 0 atom stereocenters. The fraction of sp³-hybridized carbons (Fsp3) is 0.682. The minimum absolute atomic E-state index is 0. The predicted molar refractivity (Wildman–Crippen MR) is 108 cm³/mol. The molecule has 0 saturated carbocycles. The van der Waals surface area contributed by atoms with E-state index in [1.807, 2.05) is 0 Å². The number of aliphatic hydroxyl groups excluding tert-OH is 2. The van der Waals surface area contributed by atoms with Crippen LogP contribution < -0.4 is 40.4 Å². The SMILES string of the molecule is CCC(=O)[O-].CCCCCCCCc1ccc(CCC(N)(CO)CO)cc1.[Na+]. The van der Waals surface area contributed by atoms with Gasteiger partial charge >= 0.3 is 29.6 Å². The Morgan fingerprint density at radius 1 is 0.929 bits per heavy atom. The Balaban J connectivity index is 0. The van der Waals surface area contributed by atoms with Crippen LogP contribution in [0.2, 0.25) is 0 Å². The molecule has 0 radical (unpaired) electrons. The number of carboxylic acid groups (broad SMARTS) is 1. The van der Waals surface area contributed by atoms with Gasteiger partial charge in [0.25, 0.3) is 0 Å². The molecular weight excluding hydrogens is 365 g/mol. The smallest absolute Gasteiger partial charge is 0.550 e. The number of unbranched alkanes of at least 4 members (excludes halogenated alkanes) is 5. The van der Waals surface area contributed by atoms with Crippen LogP contribution in [0.4, 0.5) is 0 Å². The molecular formula is C22H38NNaO4. The molecule has 5 nitrogen and oxygen atoms in total. The van der Waals surface area contributed by atoms with Gasteiger partial charge in [0.1, 0.15) is 0 Å². The molecule has 1 rings (SSSR count). The van der Waals surface area contributed by atoms with E-state index in [0.717, 1.165) is 12.8 Å². The molecule has 0 amide bonds. The number of aliphatic carboxylic acids is 1. The molecule has 0 bridgehead atoms. The minimum Gasteiger partial charge on any atom is -0.550 e. The van der Waals surface area contributed by atoms with Crippen LogP contribution in [0.1, 0.15) is 76.3 Å². The molecule has 28 heavy (non-hydrogen) atoms. The Kier molecular flexibility index (Phi) is 19.8. The molecule has 4 N–H and O–H groups in total. The molecule has 0 unspecified atom stereocenters. The summed E-state index contributed by atoms with van der Waals surface area (Å²) in [7, 11) is 0. The molecule has 0 heterocycles. The average molecular weight is 404 g/mol. The topological polar surface area (TPSA) is 107 Å². The van der Waals surface area contributed by atoms with Gasteiger partial charge in [-0.15, -0.1) is 0 Å². The third-order valence-corrected chi connectivity index (χ3v) is 4.67. The molecule has 6 heteroatoms. The standard InChI is InChI=1S/C19H33NO2.C3H6O2.Na/c1-2-3-4-5-6-7-8-17-9-11-18(12-10-17)13-14-19(20,15-21)16-22;1-2-3(4)5;/h9-12,21-22H,2-8,13-16,20H2,1H3;2H2,1H3,(H,4,5);/q;;+1/p-1. The van der Waals surface area contributed by atoms with Crippen LogP contribution in [0, 0.1) is 0 Å². The fourth-order valence-corrected chi connectivity index (χ4v) is 2.58. The average Bonchev–Trinajstić information content (AvgIpc) is 2.70. The van der Waals surface area contributed by atoms with Crippen LogP contribution in [0.15, 0.2) is 24.3 Å². The number of aliphatic hydroxyl groups is 2. The summed E-state index contributed by atoms with van der Waals surface area (Å²) in [5.74, 6) is -0.995. The number of carboxylic acids is 1. The number of carbonyl (C=O) groups excluding carboxylic acids is 1. The first kappa shape index (κ1) is 29.8. The first-order valence-electron chi connectivity index (χ1n) is 10.2. The van der Waals surface area contributed by atoms with Gasteiger partial charge in [0, 0.05) is 5.97 Å². The van der Waals surface area contributed by atoms with E-state index < -0.39 is 11.5 Å². The molecule has 1 aromatic rings. The number of carbonyl (C=O) groups is 1. The largest absolute Gasteiger partial charge is 1.00 e. The number of aryl methyl sites for hydroxylation is 2. The second-order valence-electron chi connectivity index (χ2n) is 7.24. The fourth-order valence-electron chi connectivity index (χ4n) is 2.58. The first-order valence-corrected chi connectivity index (χ1v) is 10.2. The van der Waals surface area contributed by atoms with E-state index in [2.05, 4.69) is 31.2 Å². The van der Waals surface area contributed by atoms with Crippen molar-refractivity contribution in [2.45, 2.75) is 83.6 Å². The van der Waals surface area contributed by atoms with Gasteiger partial charge in [-0.2, -0.15) is 0 Å². The second kappa shape index (κ2) is 18.6. The van der Waals surface area contributed by atoms with Crippen molar-refractivity contribution in [2.24, 2.45) is 5.73 Å². The summed E-state index contributed by atoms with van der Waals surface area (Å²) in [5.41, 5.74) is 7.63. The normalized spacial score (nSPS) is 10.6. The number of hydrogen-bond acceptors (Lipinski definition) is 5. The van der Waals surface area contributed by atoms with Crippen LogP contribution in [0.3, 0.4) is 0 Å². The van der Waals surface area contributed by atoms with Crippen LogP contribution >= 0.6 is 0 Å². The Hall–Kier alpha value is -0.430. The van der Waals surface area contributed by atoms with Gasteiger partial charge in [0.2, 0.25) is 0 Å². The van der Waals surface area contributed by atoms with E-state index in [0.29, 0.717) is 6.42 Å². The van der Waals surface area contributed by atoms with E-state index >= 15 is 0 Å². The minimum atomic E-state index is -0.995. The zero-order valence-corrected chi connectivity index (χ0v) is 20.1. The van der Waals surface area contributed by atoms with Crippen molar-refractivity contribution in [1.82, 2.24) is 0 Å². The third-order valence-electron chi connectivity index (χ3n) is 4.67. The molecule has 0 saturated heterocycles. The summed E-state index contributed by atoms with van der Waals surface area (Å²) in [6, 6.07) is 8.66. The van der Waals surface area contributed by atoms with Gasteiger partial charge in [-0.3, -0.25) is 0 Å². The summed E-state index contributed by atoms with van der Waals surface area (Å²) in [5, 5.41) is 27.7. The molecule has 1 aromatic carbocycles. The molecule has 0 aliphatic rings. The molecule has 0 fully saturated rings. The number of nitrogens with two attached hydrogens (primary N) is 1. The zero-order chi connectivity index (χ0) is 20.5. The number of benzene rings is 1. The maximum absolute atomic E-state index is 9.26. The quantitative estimate of drug-likeness (QED) is 0.300. The Morgan fingerprint density at radius 3 is 1.79 bits per heavy atom. The van der Waals surface area contributed by atoms with Crippen molar-refractivity contribution in [3.8, 4) is 0 Å². The third kappa shape index (κ3) is 15.5. The number of rotatable bonds is 13. The maximum atomic E-state index is 9.26. The summed E-state index contributed by atoms with van der Waals surface area (Å²) < 4.78 is 0. The molecule has 0 aromatic heterocycles. The van der Waals surface area contributed by atoms with Gasteiger partial charge in [0.05, 0.1) is 18.8 Å². The Morgan fingerprint density at radius 2 is 1.36 bits per heavy atom. The van der Waals surface area contributed by atoms with Gasteiger partial charge < -0.3 is 25.8 Å². The first-order chi connectivity index (χ1) is 12.9.